The number of ether oxygens (including phenoxy) is 1. The Hall–Kier alpha value is -2.37. The lowest BCUT2D eigenvalue weighted by Crippen LogP contribution is -2.26. The quantitative estimate of drug-likeness (QED) is 0.843. The number of benzene rings is 1. The maximum atomic E-state index is 11.9. The van der Waals surface area contributed by atoms with Crippen LogP contribution in [0.5, 0.6) is 5.75 Å². The highest BCUT2D eigenvalue weighted by Crippen LogP contribution is 2.18. The minimum Gasteiger partial charge on any atom is -0.496 e. The molecule has 0 saturated heterocycles. The summed E-state index contributed by atoms with van der Waals surface area (Å²) in [5.74, 6) is 1.34. The number of hydrogen-bond donors (Lipinski definition) is 2. The third kappa shape index (κ3) is 3.31. The van der Waals surface area contributed by atoms with E-state index in [-0.39, 0.29) is 5.91 Å². The molecule has 1 heterocycles. The van der Waals surface area contributed by atoms with Crippen LogP contribution in [0.15, 0.2) is 24.5 Å². The van der Waals surface area contributed by atoms with Gasteiger partial charge in [-0.2, -0.15) is 5.10 Å². The first-order valence-electron chi connectivity index (χ1n) is 5.98. The van der Waals surface area contributed by atoms with Crippen molar-refractivity contribution in [2.75, 3.05) is 13.7 Å². The number of nitrogens with one attached hydrogen (secondary N) is 2. The van der Waals surface area contributed by atoms with E-state index < -0.39 is 0 Å². The fourth-order valence-corrected chi connectivity index (χ4v) is 1.71. The van der Waals surface area contributed by atoms with Gasteiger partial charge in [0.25, 0.3) is 5.91 Å². The number of rotatable bonds is 5. The minimum absolute atomic E-state index is 0.127. The van der Waals surface area contributed by atoms with E-state index in [0.29, 0.717) is 24.3 Å². The SMILES string of the molecule is COc1cc(C(=O)NCCc2ncn[nH]2)ccc1C. The standard InChI is InChI=1S/C13H16N4O2/c1-9-3-4-10(7-11(9)19-2)13(18)14-6-5-12-15-8-16-17-12/h3-4,7-8H,5-6H2,1-2H3,(H,14,18)(H,15,16,17). The second-order valence-corrected chi connectivity index (χ2v) is 4.12. The van der Waals surface area contributed by atoms with Crippen molar-refractivity contribution >= 4 is 5.91 Å². The summed E-state index contributed by atoms with van der Waals surface area (Å²) in [5.41, 5.74) is 1.58. The Morgan fingerprint density at radius 2 is 2.32 bits per heavy atom. The van der Waals surface area contributed by atoms with Crippen LogP contribution in [-0.2, 0) is 6.42 Å². The maximum absolute atomic E-state index is 11.9. The lowest BCUT2D eigenvalue weighted by molar-refractivity contribution is 0.0953. The minimum atomic E-state index is -0.127. The lowest BCUT2D eigenvalue weighted by atomic mass is 10.1. The highest BCUT2D eigenvalue weighted by Gasteiger charge is 2.08. The van der Waals surface area contributed by atoms with Crippen molar-refractivity contribution in [3.8, 4) is 5.75 Å². The van der Waals surface area contributed by atoms with E-state index in [1.54, 1.807) is 19.2 Å². The second-order valence-electron chi connectivity index (χ2n) is 4.12. The molecule has 6 heteroatoms. The smallest absolute Gasteiger partial charge is 0.251 e. The van der Waals surface area contributed by atoms with Gasteiger partial charge < -0.3 is 10.1 Å². The summed E-state index contributed by atoms with van der Waals surface area (Å²) >= 11 is 0. The number of aromatic nitrogens is 3. The van der Waals surface area contributed by atoms with Crippen molar-refractivity contribution in [2.45, 2.75) is 13.3 Å². The van der Waals surface area contributed by atoms with Crippen molar-refractivity contribution in [1.82, 2.24) is 20.5 Å². The molecule has 6 nitrogen and oxygen atoms in total. The highest BCUT2D eigenvalue weighted by atomic mass is 16.5. The zero-order valence-electron chi connectivity index (χ0n) is 10.9. The van der Waals surface area contributed by atoms with Crippen LogP contribution in [0.2, 0.25) is 0 Å². The Morgan fingerprint density at radius 1 is 1.47 bits per heavy atom. The molecular formula is C13H16N4O2. The summed E-state index contributed by atoms with van der Waals surface area (Å²) in [6, 6.07) is 5.38. The summed E-state index contributed by atoms with van der Waals surface area (Å²) in [7, 11) is 1.59. The summed E-state index contributed by atoms with van der Waals surface area (Å²) in [5, 5.41) is 9.31. The van der Waals surface area contributed by atoms with Gasteiger partial charge in [0.05, 0.1) is 7.11 Å². The van der Waals surface area contributed by atoms with Gasteiger partial charge in [-0.05, 0) is 24.6 Å². The molecule has 0 spiro atoms. The van der Waals surface area contributed by atoms with Crippen molar-refractivity contribution in [2.24, 2.45) is 0 Å². The summed E-state index contributed by atoms with van der Waals surface area (Å²) < 4.78 is 5.20. The molecule has 0 aliphatic carbocycles. The number of amides is 1. The topological polar surface area (TPSA) is 79.9 Å². The van der Waals surface area contributed by atoms with Crippen LogP contribution >= 0.6 is 0 Å². The number of aromatic amines is 1. The molecule has 2 aromatic rings. The molecule has 1 aromatic heterocycles. The number of H-pyrrole nitrogens is 1. The molecule has 0 bridgehead atoms. The lowest BCUT2D eigenvalue weighted by Gasteiger charge is -2.08. The Balaban J connectivity index is 1.92. The van der Waals surface area contributed by atoms with E-state index in [0.717, 1.165) is 11.4 Å². The Kier molecular flexibility index (Phi) is 4.12. The van der Waals surface area contributed by atoms with Crippen LogP contribution in [0.25, 0.3) is 0 Å². The van der Waals surface area contributed by atoms with Crippen LogP contribution in [0.1, 0.15) is 21.7 Å². The fraction of sp³-hybridized carbons (Fsp3) is 0.308. The van der Waals surface area contributed by atoms with E-state index >= 15 is 0 Å². The highest BCUT2D eigenvalue weighted by molar-refractivity contribution is 5.94. The van der Waals surface area contributed by atoms with Crippen LogP contribution in [-0.4, -0.2) is 34.7 Å². The van der Waals surface area contributed by atoms with E-state index in [4.69, 9.17) is 4.74 Å². The molecule has 19 heavy (non-hydrogen) atoms. The van der Waals surface area contributed by atoms with Gasteiger partial charge >= 0.3 is 0 Å². The second kappa shape index (κ2) is 5.99. The molecule has 2 N–H and O–H groups in total. The van der Waals surface area contributed by atoms with E-state index in [9.17, 15) is 4.79 Å². The van der Waals surface area contributed by atoms with Crippen molar-refractivity contribution in [3.63, 3.8) is 0 Å². The average Bonchev–Trinajstić information content (AvgIpc) is 2.92. The van der Waals surface area contributed by atoms with Crippen LogP contribution in [0, 0.1) is 6.92 Å². The normalized spacial score (nSPS) is 10.2. The average molecular weight is 260 g/mol. The number of hydrogen-bond acceptors (Lipinski definition) is 4. The van der Waals surface area contributed by atoms with Gasteiger partial charge in [0.1, 0.15) is 17.9 Å². The molecule has 0 aliphatic heterocycles. The molecule has 1 amide bonds. The van der Waals surface area contributed by atoms with E-state index in [2.05, 4.69) is 20.5 Å². The molecule has 0 aliphatic rings. The first-order valence-corrected chi connectivity index (χ1v) is 5.98. The van der Waals surface area contributed by atoms with Gasteiger partial charge in [-0.3, -0.25) is 9.89 Å². The van der Waals surface area contributed by atoms with Gasteiger partial charge in [0.15, 0.2) is 0 Å². The number of nitrogens with zero attached hydrogens (tertiary/aromatic N) is 2. The Bertz CT molecular complexity index is 552. The van der Waals surface area contributed by atoms with Crippen molar-refractivity contribution in [1.29, 1.82) is 0 Å². The van der Waals surface area contributed by atoms with Crippen LogP contribution < -0.4 is 10.1 Å². The summed E-state index contributed by atoms with van der Waals surface area (Å²) in [4.78, 5) is 15.9. The number of methoxy groups -OCH3 is 1. The molecule has 0 saturated carbocycles. The third-order valence-electron chi connectivity index (χ3n) is 2.78. The van der Waals surface area contributed by atoms with Gasteiger partial charge in [-0.1, -0.05) is 6.07 Å². The van der Waals surface area contributed by atoms with E-state index in [1.165, 1.54) is 6.33 Å². The molecule has 2 rings (SSSR count). The predicted molar refractivity (Wildman–Crippen MR) is 70.2 cm³/mol. The fourth-order valence-electron chi connectivity index (χ4n) is 1.71. The van der Waals surface area contributed by atoms with Crippen molar-refractivity contribution < 1.29 is 9.53 Å². The number of carbonyl (C=O) groups excluding carboxylic acids is 1. The van der Waals surface area contributed by atoms with Crippen molar-refractivity contribution in [3.05, 3.63) is 41.5 Å². The number of carbonyl (C=O) groups is 1. The molecule has 100 valence electrons. The van der Waals surface area contributed by atoms with Crippen LogP contribution in [0.4, 0.5) is 0 Å². The largest absolute Gasteiger partial charge is 0.496 e. The van der Waals surface area contributed by atoms with E-state index in [1.807, 2.05) is 13.0 Å². The monoisotopic (exact) mass is 260 g/mol. The molecule has 0 fully saturated rings. The number of aryl methyl sites for hydroxylation is 1. The zero-order valence-corrected chi connectivity index (χ0v) is 10.9. The predicted octanol–water partition coefficient (Wildman–Crippen LogP) is 1.09. The Morgan fingerprint density at radius 3 is 3.00 bits per heavy atom. The third-order valence-corrected chi connectivity index (χ3v) is 2.78. The molecule has 0 radical (unpaired) electrons. The van der Waals surface area contributed by atoms with Gasteiger partial charge in [-0.15, -0.1) is 0 Å². The zero-order chi connectivity index (χ0) is 13.7. The van der Waals surface area contributed by atoms with Gasteiger partial charge in [0, 0.05) is 18.5 Å². The summed E-state index contributed by atoms with van der Waals surface area (Å²) in [6.07, 6.45) is 2.07. The van der Waals surface area contributed by atoms with Crippen LogP contribution in [0.3, 0.4) is 0 Å². The first kappa shape index (κ1) is 13.1. The first-order chi connectivity index (χ1) is 9.20. The van der Waals surface area contributed by atoms with Gasteiger partial charge in [0.2, 0.25) is 0 Å². The Labute approximate surface area is 111 Å². The van der Waals surface area contributed by atoms with Gasteiger partial charge in [-0.25, -0.2) is 4.98 Å². The maximum Gasteiger partial charge on any atom is 0.251 e. The summed E-state index contributed by atoms with van der Waals surface area (Å²) in [6.45, 7) is 2.44. The molecule has 0 unspecified atom stereocenters. The molecule has 1 aromatic carbocycles. The molecule has 0 atom stereocenters. The molecular weight excluding hydrogens is 244 g/mol.